The minimum Gasteiger partial charge on any atom is -0.354 e. The van der Waals surface area contributed by atoms with E-state index in [1.807, 2.05) is 7.05 Å². The van der Waals surface area contributed by atoms with E-state index in [0.29, 0.717) is 12.5 Å². The number of halogens is 1. The molecule has 0 bridgehead atoms. The van der Waals surface area contributed by atoms with Crippen molar-refractivity contribution in [1.29, 1.82) is 0 Å². The van der Waals surface area contributed by atoms with Crippen molar-refractivity contribution in [3.05, 3.63) is 35.9 Å². The van der Waals surface area contributed by atoms with Gasteiger partial charge in [-0.15, -0.1) is 24.0 Å². The van der Waals surface area contributed by atoms with Crippen molar-refractivity contribution in [2.24, 2.45) is 10.9 Å². The summed E-state index contributed by atoms with van der Waals surface area (Å²) in [5.74, 6) is 1.99. The number of aliphatic imine (C=N–C) groups is 1. The van der Waals surface area contributed by atoms with E-state index in [0.717, 1.165) is 44.9 Å². The first-order valence-corrected chi connectivity index (χ1v) is 8.56. The van der Waals surface area contributed by atoms with E-state index >= 15 is 0 Å². The van der Waals surface area contributed by atoms with Crippen molar-refractivity contribution in [2.45, 2.75) is 25.2 Å². The van der Waals surface area contributed by atoms with Crippen LogP contribution in [0.4, 0.5) is 0 Å². The first kappa shape index (κ1) is 19.0. The predicted molar refractivity (Wildman–Crippen MR) is 108 cm³/mol. The highest BCUT2D eigenvalue weighted by atomic mass is 127. The highest BCUT2D eigenvalue weighted by Gasteiger charge is 2.29. The fourth-order valence-corrected chi connectivity index (χ4v) is 3.13. The van der Waals surface area contributed by atoms with E-state index in [1.54, 1.807) is 0 Å². The number of nitrogens with zero attached hydrogens (tertiary/aromatic N) is 2. The Bertz CT molecular complexity index is 559. The highest BCUT2D eigenvalue weighted by Crippen LogP contribution is 2.28. The van der Waals surface area contributed by atoms with Crippen molar-refractivity contribution in [3.8, 4) is 0 Å². The Morgan fingerprint density at radius 1 is 1.17 bits per heavy atom. The number of hydrogen-bond acceptors (Lipinski definition) is 2. The molecule has 1 aromatic carbocycles. The average Bonchev–Trinajstić information content (AvgIpc) is 3.33. The quantitative estimate of drug-likeness (QED) is 0.318. The molecule has 6 heteroatoms. The van der Waals surface area contributed by atoms with Gasteiger partial charge in [-0.2, -0.15) is 0 Å². The second-order valence-electron chi connectivity index (χ2n) is 6.38. The SMILES string of the molecule is CN=C(NCCNC(=O)C1CC1)N1CCC(c2ccccc2)C1.I. The number of benzene rings is 1. The Morgan fingerprint density at radius 3 is 2.54 bits per heavy atom. The van der Waals surface area contributed by atoms with Crippen LogP contribution in [0, 0.1) is 5.92 Å². The van der Waals surface area contributed by atoms with Crippen LogP contribution in [0.5, 0.6) is 0 Å². The molecule has 1 unspecified atom stereocenters. The largest absolute Gasteiger partial charge is 0.354 e. The van der Waals surface area contributed by atoms with Crippen LogP contribution < -0.4 is 10.6 Å². The lowest BCUT2D eigenvalue weighted by atomic mass is 9.99. The van der Waals surface area contributed by atoms with Crippen LogP contribution in [0.15, 0.2) is 35.3 Å². The van der Waals surface area contributed by atoms with Gasteiger partial charge in [0.05, 0.1) is 0 Å². The molecular weight excluding hydrogens is 415 g/mol. The monoisotopic (exact) mass is 442 g/mol. The topological polar surface area (TPSA) is 56.7 Å². The third-order valence-corrected chi connectivity index (χ3v) is 4.63. The summed E-state index contributed by atoms with van der Waals surface area (Å²) in [4.78, 5) is 18.3. The van der Waals surface area contributed by atoms with Gasteiger partial charge in [-0.25, -0.2) is 0 Å². The van der Waals surface area contributed by atoms with E-state index < -0.39 is 0 Å². The number of likely N-dealkylation sites (tertiary alicyclic amines) is 1. The molecule has 0 spiro atoms. The number of rotatable bonds is 5. The van der Waals surface area contributed by atoms with Crippen LogP contribution in [0.2, 0.25) is 0 Å². The molecule has 132 valence electrons. The van der Waals surface area contributed by atoms with Crippen molar-refractivity contribution < 1.29 is 4.79 Å². The van der Waals surface area contributed by atoms with Gasteiger partial charge in [-0.05, 0) is 24.8 Å². The molecule has 1 atom stereocenters. The summed E-state index contributed by atoms with van der Waals surface area (Å²) in [6.07, 6.45) is 3.26. The number of carbonyl (C=O) groups is 1. The summed E-state index contributed by atoms with van der Waals surface area (Å²) in [5.41, 5.74) is 1.40. The third-order valence-electron chi connectivity index (χ3n) is 4.63. The van der Waals surface area contributed by atoms with Gasteiger partial charge >= 0.3 is 0 Å². The van der Waals surface area contributed by atoms with Crippen LogP contribution >= 0.6 is 24.0 Å². The predicted octanol–water partition coefficient (Wildman–Crippen LogP) is 2.20. The van der Waals surface area contributed by atoms with Gasteiger partial charge in [0.15, 0.2) is 5.96 Å². The second kappa shape index (κ2) is 9.25. The molecule has 0 aromatic heterocycles. The Morgan fingerprint density at radius 2 is 1.88 bits per heavy atom. The smallest absolute Gasteiger partial charge is 0.223 e. The van der Waals surface area contributed by atoms with Gasteiger partial charge in [-0.3, -0.25) is 9.79 Å². The van der Waals surface area contributed by atoms with Crippen molar-refractivity contribution >= 4 is 35.8 Å². The van der Waals surface area contributed by atoms with Crippen LogP contribution in [0.25, 0.3) is 0 Å². The molecule has 1 heterocycles. The number of guanidine groups is 1. The molecule has 2 aliphatic rings. The Kier molecular flexibility index (Phi) is 7.33. The molecule has 1 aromatic rings. The molecule has 1 amide bonds. The van der Waals surface area contributed by atoms with Gasteiger partial charge in [0.25, 0.3) is 0 Å². The highest BCUT2D eigenvalue weighted by molar-refractivity contribution is 14.0. The van der Waals surface area contributed by atoms with Crippen molar-refractivity contribution in [3.63, 3.8) is 0 Å². The fraction of sp³-hybridized carbons (Fsp3) is 0.556. The fourth-order valence-electron chi connectivity index (χ4n) is 3.13. The minimum atomic E-state index is 0. The lowest BCUT2D eigenvalue weighted by molar-refractivity contribution is -0.122. The minimum absolute atomic E-state index is 0. The lowest BCUT2D eigenvalue weighted by Gasteiger charge is -2.22. The van der Waals surface area contributed by atoms with Crippen LogP contribution in [-0.4, -0.2) is 50.0 Å². The summed E-state index contributed by atoms with van der Waals surface area (Å²) in [7, 11) is 1.82. The van der Waals surface area contributed by atoms with Gasteiger partial charge in [0, 0.05) is 45.1 Å². The van der Waals surface area contributed by atoms with Gasteiger partial charge in [0.1, 0.15) is 0 Å². The van der Waals surface area contributed by atoms with Crippen molar-refractivity contribution in [1.82, 2.24) is 15.5 Å². The average molecular weight is 442 g/mol. The summed E-state index contributed by atoms with van der Waals surface area (Å²) >= 11 is 0. The number of hydrogen-bond donors (Lipinski definition) is 2. The molecule has 2 N–H and O–H groups in total. The lowest BCUT2D eigenvalue weighted by Crippen LogP contribution is -2.43. The van der Waals surface area contributed by atoms with E-state index in [9.17, 15) is 4.79 Å². The standard InChI is InChI=1S/C18H26N4O.HI/c1-19-18(21-11-10-20-17(23)15-7-8-15)22-12-9-16(13-22)14-5-3-2-4-6-14;/h2-6,15-16H,7-13H2,1H3,(H,19,21)(H,20,23);1H. The molecule has 24 heavy (non-hydrogen) atoms. The zero-order chi connectivity index (χ0) is 16.1. The third kappa shape index (κ3) is 5.09. The normalized spacial score (nSPS) is 20.5. The van der Waals surface area contributed by atoms with Crippen LogP contribution in [-0.2, 0) is 4.79 Å². The van der Waals surface area contributed by atoms with Gasteiger partial charge < -0.3 is 15.5 Å². The van der Waals surface area contributed by atoms with Gasteiger partial charge in [-0.1, -0.05) is 30.3 Å². The Balaban J connectivity index is 0.00000208. The number of amides is 1. The van der Waals surface area contributed by atoms with E-state index in [-0.39, 0.29) is 35.8 Å². The molecular formula is C18H27IN4O. The van der Waals surface area contributed by atoms with Gasteiger partial charge in [0.2, 0.25) is 5.91 Å². The molecule has 5 nitrogen and oxygen atoms in total. The molecule has 1 aliphatic carbocycles. The summed E-state index contributed by atoms with van der Waals surface area (Å²) in [5, 5.41) is 6.33. The van der Waals surface area contributed by atoms with E-state index in [4.69, 9.17) is 0 Å². The maximum atomic E-state index is 11.6. The molecule has 1 aliphatic heterocycles. The first-order chi connectivity index (χ1) is 11.3. The molecule has 1 saturated heterocycles. The number of carbonyl (C=O) groups excluding carboxylic acids is 1. The zero-order valence-electron chi connectivity index (χ0n) is 14.2. The number of nitrogens with one attached hydrogen (secondary N) is 2. The summed E-state index contributed by atoms with van der Waals surface area (Å²) < 4.78 is 0. The maximum absolute atomic E-state index is 11.6. The molecule has 0 radical (unpaired) electrons. The van der Waals surface area contributed by atoms with Crippen LogP contribution in [0.3, 0.4) is 0 Å². The summed E-state index contributed by atoms with van der Waals surface area (Å²) in [6.45, 7) is 3.40. The molecule has 3 rings (SSSR count). The Hall–Kier alpha value is -1.31. The first-order valence-electron chi connectivity index (χ1n) is 8.56. The molecule has 1 saturated carbocycles. The van der Waals surface area contributed by atoms with E-state index in [2.05, 4.69) is 50.9 Å². The molecule has 2 fully saturated rings. The van der Waals surface area contributed by atoms with Crippen LogP contribution in [0.1, 0.15) is 30.7 Å². The van der Waals surface area contributed by atoms with Crippen molar-refractivity contribution in [2.75, 3.05) is 33.2 Å². The summed E-state index contributed by atoms with van der Waals surface area (Å²) in [6, 6.07) is 10.7. The second-order valence-corrected chi connectivity index (χ2v) is 6.38. The van der Waals surface area contributed by atoms with E-state index in [1.165, 1.54) is 5.56 Å². The maximum Gasteiger partial charge on any atom is 0.223 e. The Labute approximate surface area is 161 Å². The zero-order valence-corrected chi connectivity index (χ0v) is 16.5.